The first kappa shape index (κ1) is 23.2. The summed E-state index contributed by atoms with van der Waals surface area (Å²) in [6.45, 7) is 4.24. The average Bonchev–Trinajstić information content (AvgIpc) is 3.58. The largest absolute Gasteiger partial charge is 0.496 e. The van der Waals surface area contributed by atoms with Crippen molar-refractivity contribution in [1.29, 1.82) is 0 Å². The number of methoxy groups -OCH3 is 1. The number of aromatic nitrogens is 3. The van der Waals surface area contributed by atoms with E-state index in [0.29, 0.717) is 16.5 Å². The number of para-hydroxylation sites is 1. The van der Waals surface area contributed by atoms with Gasteiger partial charge in [0.15, 0.2) is 16.8 Å². The minimum absolute atomic E-state index is 0.0697. The fourth-order valence-electron chi connectivity index (χ4n) is 4.34. The molecule has 0 saturated carbocycles. The summed E-state index contributed by atoms with van der Waals surface area (Å²) in [6, 6.07) is 23.9. The molecule has 5 rings (SSSR count). The minimum atomic E-state index is 0.0697. The molecule has 4 aromatic rings. The van der Waals surface area contributed by atoms with Crippen molar-refractivity contribution < 1.29 is 9.53 Å². The Kier molecular flexibility index (Phi) is 6.86. The molecule has 0 radical (unpaired) electrons. The summed E-state index contributed by atoms with van der Waals surface area (Å²) >= 11 is 1.40. The van der Waals surface area contributed by atoms with Crippen molar-refractivity contribution in [2.75, 3.05) is 30.9 Å². The molecule has 1 aromatic heterocycles. The summed E-state index contributed by atoms with van der Waals surface area (Å²) in [5, 5.41) is 9.62. The van der Waals surface area contributed by atoms with Crippen LogP contribution >= 0.6 is 11.8 Å². The number of rotatable bonds is 8. The Morgan fingerprint density at radius 2 is 1.60 bits per heavy atom. The molecule has 0 bridgehead atoms. The van der Waals surface area contributed by atoms with Crippen LogP contribution in [-0.4, -0.2) is 46.5 Å². The van der Waals surface area contributed by atoms with Crippen LogP contribution in [0.1, 0.15) is 28.8 Å². The second-order valence-electron chi connectivity index (χ2n) is 8.63. The minimum Gasteiger partial charge on any atom is -0.496 e. The van der Waals surface area contributed by atoms with Crippen molar-refractivity contribution >= 4 is 23.2 Å². The van der Waals surface area contributed by atoms with E-state index in [1.54, 1.807) is 7.11 Å². The number of carbonyl (C=O) groups is 1. The zero-order chi connectivity index (χ0) is 24.2. The Morgan fingerprint density at radius 3 is 2.31 bits per heavy atom. The van der Waals surface area contributed by atoms with Crippen LogP contribution in [0.2, 0.25) is 0 Å². The number of benzene rings is 3. The van der Waals surface area contributed by atoms with Crippen LogP contribution in [0.15, 0.2) is 78.0 Å². The maximum absolute atomic E-state index is 13.0. The van der Waals surface area contributed by atoms with Crippen LogP contribution < -0.4 is 9.64 Å². The summed E-state index contributed by atoms with van der Waals surface area (Å²) < 4.78 is 7.57. The van der Waals surface area contributed by atoms with Crippen LogP contribution in [0.3, 0.4) is 0 Å². The number of nitrogens with zero attached hydrogens (tertiary/aromatic N) is 4. The van der Waals surface area contributed by atoms with E-state index < -0.39 is 0 Å². The zero-order valence-electron chi connectivity index (χ0n) is 20.0. The molecule has 0 amide bonds. The van der Waals surface area contributed by atoms with E-state index in [1.165, 1.54) is 35.9 Å². The van der Waals surface area contributed by atoms with Gasteiger partial charge >= 0.3 is 0 Å². The Hall–Kier alpha value is -3.58. The number of hydrogen-bond donors (Lipinski definition) is 0. The van der Waals surface area contributed by atoms with Crippen molar-refractivity contribution in [2.24, 2.45) is 0 Å². The van der Waals surface area contributed by atoms with Crippen LogP contribution in [-0.2, 0) is 0 Å². The third kappa shape index (κ3) is 4.95. The first-order chi connectivity index (χ1) is 17.1. The van der Waals surface area contributed by atoms with Gasteiger partial charge in [-0.25, -0.2) is 0 Å². The second kappa shape index (κ2) is 10.4. The number of hydrogen-bond acceptors (Lipinski definition) is 6. The number of Topliss-reactive ketones (excluding diaryl/α,β-unsaturated/α-hetero) is 1. The van der Waals surface area contributed by atoms with E-state index in [9.17, 15) is 4.79 Å². The first-order valence-electron chi connectivity index (χ1n) is 11.8. The van der Waals surface area contributed by atoms with Gasteiger partial charge in [-0.05, 0) is 68.3 Å². The van der Waals surface area contributed by atoms with E-state index >= 15 is 0 Å². The van der Waals surface area contributed by atoms with Gasteiger partial charge < -0.3 is 9.64 Å². The summed E-state index contributed by atoms with van der Waals surface area (Å²) in [6.07, 6.45) is 2.46. The fourth-order valence-corrected chi connectivity index (χ4v) is 5.19. The van der Waals surface area contributed by atoms with Gasteiger partial charge in [0.25, 0.3) is 0 Å². The monoisotopic (exact) mass is 484 g/mol. The molecule has 2 heterocycles. The third-order valence-electron chi connectivity index (χ3n) is 6.27. The topological polar surface area (TPSA) is 60.3 Å². The molecule has 3 aromatic carbocycles. The number of thioether (sulfide) groups is 1. The van der Waals surface area contributed by atoms with E-state index in [0.717, 1.165) is 30.1 Å². The van der Waals surface area contributed by atoms with Gasteiger partial charge in [0.05, 0.1) is 18.4 Å². The molecule has 0 spiro atoms. The van der Waals surface area contributed by atoms with Crippen molar-refractivity contribution in [3.05, 3.63) is 83.9 Å². The number of aryl methyl sites for hydroxylation is 1. The lowest BCUT2D eigenvalue weighted by atomic mass is 10.1. The van der Waals surface area contributed by atoms with Gasteiger partial charge in [-0.15, -0.1) is 10.2 Å². The molecular weight excluding hydrogens is 456 g/mol. The Balaban J connectivity index is 1.41. The van der Waals surface area contributed by atoms with Gasteiger partial charge in [-0.1, -0.05) is 41.6 Å². The van der Waals surface area contributed by atoms with Gasteiger partial charge in [-0.3, -0.25) is 9.36 Å². The standard InChI is InChI=1S/C28H28N4O2S/c1-20-9-13-23(14-10-20)32-27(24-7-3-4-8-26(24)34-2)29-30-28(32)35-19-25(33)21-11-15-22(16-12-21)31-17-5-6-18-31/h3-4,7-16H,5-6,17-19H2,1-2H3. The molecule has 0 atom stereocenters. The second-order valence-corrected chi connectivity index (χ2v) is 9.57. The van der Waals surface area contributed by atoms with Crippen LogP contribution in [0, 0.1) is 6.92 Å². The molecule has 1 fully saturated rings. The highest BCUT2D eigenvalue weighted by Gasteiger charge is 2.20. The molecule has 0 N–H and O–H groups in total. The lowest BCUT2D eigenvalue weighted by Crippen LogP contribution is -2.17. The average molecular weight is 485 g/mol. The quantitative estimate of drug-likeness (QED) is 0.232. The summed E-state index contributed by atoms with van der Waals surface area (Å²) in [4.78, 5) is 15.4. The highest BCUT2D eigenvalue weighted by molar-refractivity contribution is 7.99. The van der Waals surface area contributed by atoms with E-state index in [2.05, 4.69) is 46.3 Å². The van der Waals surface area contributed by atoms with Crippen molar-refractivity contribution in [3.63, 3.8) is 0 Å². The lowest BCUT2D eigenvalue weighted by molar-refractivity contribution is 0.102. The van der Waals surface area contributed by atoms with Crippen LogP contribution in [0.25, 0.3) is 17.1 Å². The number of carbonyl (C=O) groups excluding carboxylic acids is 1. The van der Waals surface area contributed by atoms with E-state index in [4.69, 9.17) is 4.74 Å². The lowest BCUT2D eigenvalue weighted by Gasteiger charge is -2.17. The Labute approximate surface area is 210 Å². The van der Waals surface area contributed by atoms with E-state index in [1.807, 2.05) is 53.1 Å². The van der Waals surface area contributed by atoms with Gasteiger partial charge in [0.1, 0.15) is 5.75 Å². The van der Waals surface area contributed by atoms with Crippen LogP contribution in [0.4, 0.5) is 5.69 Å². The zero-order valence-corrected chi connectivity index (χ0v) is 20.8. The van der Waals surface area contributed by atoms with Crippen LogP contribution in [0.5, 0.6) is 5.75 Å². The highest BCUT2D eigenvalue weighted by Crippen LogP contribution is 2.33. The SMILES string of the molecule is COc1ccccc1-c1nnc(SCC(=O)c2ccc(N3CCCC3)cc2)n1-c1ccc(C)cc1. The summed E-state index contributed by atoms with van der Waals surface area (Å²) in [5.74, 6) is 1.74. The smallest absolute Gasteiger partial charge is 0.196 e. The predicted octanol–water partition coefficient (Wildman–Crippen LogP) is 5.83. The molecule has 1 aliphatic rings. The highest BCUT2D eigenvalue weighted by atomic mass is 32.2. The van der Waals surface area contributed by atoms with Crippen molar-refractivity contribution in [3.8, 4) is 22.8 Å². The molecule has 35 heavy (non-hydrogen) atoms. The van der Waals surface area contributed by atoms with Crippen molar-refractivity contribution in [1.82, 2.24) is 14.8 Å². The molecule has 0 aliphatic carbocycles. The number of ether oxygens (including phenoxy) is 1. The molecule has 0 unspecified atom stereocenters. The fraction of sp³-hybridized carbons (Fsp3) is 0.250. The molecule has 6 nitrogen and oxygen atoms in total. The first-order valence-corrected chi connectivity index (χ1v) is 12.8. The summed E-state index contributed by atoms with van der Waals surface area (Å²) in [7, 11) is 1.65. The summed E-state index contributed by atoms with van der Waals surface area (Å²) in [5.41, 5.74) is 4.85. The number of anilines is 1. The Morgan fingerprint density at radius 1 is 0.914 bits per heavy atom. The molecule has 1 saturated heterocycles. The van der Waals surface area contributed by atoms with E-state index in [-0.39, 0.29) is 11.5 Å². The van der Waals surface area contributed by atoms with Crippen molar-refractivity contribution in [2.45, 2.75) is 24.9 Å². The number of ketones is 1. The third-order valence-corrected chi connectivity index (χ3v) is 7.20. The maximum Gasteiger partial charge on any atom is 0.196 e. The van der Waals surface area contributed by atoms with Gasteiger partial charge in [0.2, 0.25) is 0 Å². The normalized spacial score (nSPS) is 13.3. The molecule has 1 aliphatic heterocycles. The predicted molar refractivity (Wildman–Crippen MR) is 141 cm³/mol. The van der Waals surface area contributed by atoms with Gasteiger partial charge in [-0.2, -0.15) is 0 Å². The molecular formula is C28H28N4O2S. The molecule has 178 valence electrons. The van der Waals surface area contributed by atoms with Gasteiger partial charge in [0, 0.05) is 30.0 Å². The molecule has 7 heteroatoms. The Bertz CT molecular complexity index is 1310. The maximum atomic E-state index is 13.0.